The van der Waals surface area contributed by atoms with Crippen molar-refractivity contribution in [1.82, 2.24) is 9.78 Å². The maximum atomic E-state index is 12.1. The molecule has 0 spiro atoms. The monoisotopic (exact) mass is 320 g/mol. The standard InChI is InChI=1S/C16H21ClN4O/c1-10(2)21-12(4)16(11(3)20-21)19-15(22)9-18-14-8-6-5-7-13(14)17/h5-8,10,18H,9H2,1-4H3,(H,19,22). The highest BCUT2D eigenvalue weighted by molar-refractivity contribution is 6.33. The van der Waals surface area contributed by atoms with Gasteiger partial charge in [0, 0.05) is 6.04 Å². The summed E-state index contributed by atoms with van der Waals surface area (Å²) in [7, 11) is 0. The summed E-state index contributed by atoms with van der Waals surface area (Å²) in [6.45, 7) is 8.11. The van der Waals surface area contributed by atoms with Crippen LogP contribution in [0.4, 0.5) is 11.4 Å². The zero-order valence-electron chi connectivity index (χ0n) is 13.3. The molecule has 0 aliphatic heterocycles. The lowest BCUT2D eigenvalue weighted by Gasteiger charge is -2.10. The number of anilines is 2. The lowest BCUT2D eigenvalue weighted by atomic mass is 10.3. The van der Waals surface area contributed by atoms with Crippen LogP contribution in [0.15, 0.2) is 24.3 Å². The summed E-state index contributed by atoms with van der Waals surface area (Å²) >= 11 is 6.05. The van der Waals surface area contributed by atoms with Crippen LogP contribution in [0.3, 0.4) is 0 Å². The maximum Gasteiger partial charge on any atom is 0.243 e. The summed E-state index contributed by atoms with van der Waals surface area (Å²) in [5, 5.41) is 11.0. The van der Waals surface area contributed by atoms with Gasteiger partial charge in [-0.05, 0) is 39.8 Å². The Hall–Kier alpha value is -2.01. The van der Waals surface area contributed by atoms with Gasteiger partial charge in [-0.15, -0.1) is 0 Å². The van der Waals surface area contributed by atoms with E-state index in [0.29, 0.717) is 5.02 Å². The number of carbonyl (C=O) groups excluding carboxylic acids is 1. The molecule has 1 amide bonds. The normalized spacial score (nSPS) is 10.8. The number of aryl methyl sites for hydroxylation is 1. The molecular formula is C16H21ClN4O. The molecule has 1 heterocycles. The summed E-state index contributed by atoms with van der Waals surface area (Å²) in [5.74, 6) is -0.130. The van der Waals surface area contributed by atoms with Gasteiger partial charge in [0.25, 0.3) is 0 Å². The van der Waals surface area contributed by atoms with Crippen molar-refractivity contribution in [2.24, 2.45) is 0 Å². The largest absolute Gasteiger partial charge is 0.375 e. The van der Waals surface area contributed by atoms with E-state index in [2.05, 4.69) is 29.6 Å². The number of hydrogen-bond donors (Lipinski definition) is 2. The van der Waals surface area contributed by atoms with E-state index >= 15 is 0 Å². The number of nitrogens with one attached hydrogen (secondary N) is 2. The number of rotatable bonds is 5. The van der Waals surface area contributed by atoms with Gasteiger partial charge >= 0.3 is 0 Å². The van der Waals surface area contributed by atoms with Crippen LogP contribution in [0.2, 0.25) is 5.02 Å². The highest BCUT2D eigenvalue weighted by Crippen LogP contribution is 2.23. The van der Waals surface area contributed by atoms with E-state index in [1.165, 1.54) is 0 Å². The fourth-order valence-electron chi connectivity index (χ4n) is 2.31. The van der Waals surface area contributed by atoms with E-state index in [4.69, 9.17) is 11.6 Å². The van der Waals surface area contributed by atoms with Crippen molar-refractivity contribution in [2.45, 2.75) is 33.7 Å². The number of amides is 1. The van der Waals surface area contributed by atoms with Crippen molar-refractivity contribution >= 4 is 28.9 Å². The number of para-hydroxylation sites is 1. The Morgan fingerprint density at radius 3 is 2.59 bits per heavy atom. The van der Waals surface area contributed by atoms with Gasteiger partial charge in [0.05, 0.1) is 34.3 Å². The molecule has 0 saturated heterocycles. The fraction of sp³-hybridized carbons (Fsp3) is 0.375. The maximum absolute atomic E-state index is 12.1. The highest BCUT2D eigenvalue weighted by Gasteiger charge is 2.15. The van der Waals surface area contributed by atoms with Crippen LogP contribution >= 0.6 is 11.6 Å². The lowest BCUT2D eigenvalue weighted by molar-refractivity contribution is -0.114. The first kappa shape index (κ1) is 16.4. The Bertz CT molecular complexity index is 679. The number of carbonyl (C=O) groups is 1. The molecule has 0 bridgehead atoms. The van der Waals surface area contributed by atoms with Crippen LogP contribution in [0, 0.1) is 13.8 Å². The second-order valence-corrected chi connectivity index (χ2v) is 5.87. The minimum Gasteiger partial charge on any atom is -0.375 e. The van der Waals surface area contributed by atoms with Gasteiger partial charge in [0.1, 0.15) is 0 Å². The number of benzene rings is 1. The Kier molecular flexibility index (Phi) is 5.08. The Labute approximate surface area is 135 Å². The molecule has 118 valence electrons. The summed E-state index contributed by atoms with van der Waals surface area (Å²) in [6.07, 6.45) is 0. The van der Waals surface area contributed by atoms with Gasteiger partial charge in [0.2, 0.25) is 5.91 Å². The molecule has 0 unspecified atom stereocenters. The first-order valence-corrected chi connectivity index (χ1v) is 7.62. The van der Waals surface area contributed by atoms with E-state index in [-0.39, 0.29) is 18.5 Å². The number of hydrogen-bond acceptors (Lipinski definition) is 3. The smallest absolute Gasteiger partial charge is 0.243 e. The van der Waals surface area contributed by atoms with Crippen molar-refractivity contribution in [2.75, 3.05) is 17.2 Å². The van der Waals surface area contributed by atoms with Gasteiger partial charge in [-0.2, -0.15) is 5.10 Å². The first-order valence-electron chi connectivity index (χ1n) is 7.24. The minimum absolute atomic E-state index is 0.130. The molecule has 0 aliphatic rings. The van der Waals surface area contributed by atoms with Crippen molar-refractivity contribution in [1.29, 1.82) is 0 Å². The summed E-state index contributed by atoms with van der Waals surface area (Å²) < 4.78 is 1.91. The van der Waals surface area contributed by atoms with Crippen molar-refractivity contribution in [3.63, 3.8) is 0 Å². The van der Waals surface area contributed by atoms with Gasteiger partial charge in [-0.1, -0.05) is 23.7 Å². The average molecular weight is 321 g/mol. The summed E-state index contributed by atoms with van der Waals surface area (Å²) in [4.78, 5) is 12.1. The second-order valence-electron chi connectivity index (χ2n) is 5.47. The van der Waals surface area contributed by atoms with Crippen LogP contribution in [0.5, 0.6) is 0 Å². The average Bonchev–Trinajstić information content (AvgIpc) is 2.75. The SMILES string of the molecule is Cc1nn(C(C)C)c(C)c1NC(=O)CNc1ccccc1Cl. The molecule has 0 saturated carbocycles. The Balaban J connectivity index is 2.02. The number of aromatic nitrogens is 2. The molecule has 22 heavy (non-hydrogen) atoms. The van der Waals surface area contributed by atoms with E-state index in [0.717, 1.165) is 22.8 Å². The van der Waals surface area contributed by atoms with Crippen LogP contribution < -0.4 is 10.6 Å². The lowest BCUT2D eigenvalue weighted by Crippen LogP contribution is -2.22. The predicted molar refractivity (Wildman–Crippen MR) is 90.7 cm³/mol. The second kappa shape index (κ2) is 6.83. The third-order valence-electron chi connectivity index (χ3n) is 3.39. The molecule has 5 nitrogen and oxygen atoms in total. The summed E-state index contributed by atoms with van der Waals surface area (Å²) in [6, 6.07) is 7.59. The molecule has 2 aromatic rings. The van der Waals surface area contributed by atoms with Crippen molar-refractivity contribution in [3.05, 3.63) is 40.7 Å². The van der Waals surface area contributed by atoms with E-state index in [1.807, 2.05) is 36.7 Å². The van der Waals surface area contributed by atoms with E-state index in [1.54, 1.807) is 6.07 Å². The number of halogens is 1. The zero-order chi connectivity index (χ0) is 16.3. The summed E-state index contributed by atoms with van der Waals surface area (Å²) in [5.41, 5.74) is 3.29. The zero-order valence-corrected chi connectivity index (χ0v) is 14.0. The first-order chi connectivity index (χ1) is 10.4. The van der Waals surface area contributed by atoms with Crippen LogP contribution in [-0.4, -0.2) is 22.2 Å². The molecule has 1 aromatic heterocycles. The highest BCUT2D eigenvalue weighted by atomic mass is 35.5. The van der Waals surface area contributed by atoms with Gasteiger partial charge in [-0.25, -0.2) is 0 Å². The van der Waals surface area contributed by atoms with Gasteiger partial charge in [-0.3, -0.25) is 9.48 Å². The van der Waals surface area contributed by atoms with Crippen LogP contribution in [0.1, 0.15) is 31.3 Å². The van der Waals surface area contributed by atoms with Gasteiger partial charge in [0.15, 0.2) is 0 Å². The predicted octanol–water partition coefficient (Wildman–Crippen LogP) is 3.78. The molecule has 0 radical (unpaired) electrons. The molecule has 2 N–H and O–H groups in total. The van der Waals surface area contributed by atoms with Crippen LogP contribution in [-0.2, 0) is 4.79 Å². The molecule has 0 aliphatic carbocycles. The third kappa shape index (κ3) is 3.60. The molecule has 1 aromatic carbocycles. The third-order valence-corrected chi connectivity index (χ3v) is 3.72. The van der Waals surface area contributed by atoms with Gasteiger partial charge < -0.3 is 10.6 Å². The quantitative estimate of drug-likeness (QED) is 0.881. The van der Waals surface area contributed by atoms with E-state index in [9.17, 15) is 4.79 Å². The van der Waals surface area contributed by atoms with Crippen LogP contribution in [0.25, 0.3) is 0 Å². The molecule has 0 atom stereocenters. The molecule has 6 heteroatoms. The molecule has 2 rings (SSSR count). The van der Waals surface area contributed by atoms with Crippen molar-refractivity contribution in [3.8, 4) is 0 Å². The molecule has 0 fully saturated rings. The Morgan fingerprint density at radius 1 is 1.32 bits per heavy atom. The molecular weight excluding hydrogens is 300 g/mol. The van der Waals surface area contributed by atoms with E-state index < -0.39 is 0 Å². The fourth-order valence-corrected chi connectivity index (χ4v) is 2.51. The number of nitrogens with zero attached hydrogens (tertiary/aromatic N) is 2. The Morgan fingerprint density at radius 2 is 2.00 bits per heavy atom. The minimum atomic E-state index is -0.130. The topological polar surface area (TPSA) is 59.0 Å². The van der Waals surface area contributed by atoms with Crippen molar-refractivity contribution < 1.29 is 4.79 Å².